The van der Waals surface area contributed by atoms with E-state index in [0.717, 1.165) is 24.8 Å². The second-order valence-corrected chi connectivity index (χ2v) is 5.63. The first-order valence-corrected chi connectivity index (χ1v) is 6.49. The molecule has 1 heterocycles. The van der Waals surface area contributed by atoms with Crippen molar-refractivity contribution in [2.45, 2.75) is 19.3 Å². The van der Waals surface area contributed by atoms with Crippen molar-refractivity contribution in [3.8, 4) is 0 Å². The van der Waals surface area contributed by atoms with Crippen molar-refractivity contribution in [3.63, 3.8) is 0 Å². The number of thiophene rings is 1. The average Bonchev–Trinajstić information content (AvgIpc) is 2.66. The predicted octanol–water partition coefficient (Wildman–Crippen LogP) is 3.10. The third-order valence-electron chi connectivity index (χ3n) is 3.44. The Labute approximate surface area is 98.1 Å². The Morgan fingerprint density at radius 2 is 2.31 bits per heavy atom. The molecule has 1 unspecified atom stereocenters. The van der Waals surface area contributed by atoms with Crippen LogP contribution >= 0.6 is 11.3 Å². The summed E-state index contributed by atoms with van der Waals surface area (Å²) in [7, 11) is 0. The maximum Gasteiger partial charge on any atom is 0.123 e. The molecule has 1 aromatic carbocycles. The first kappa shape index (κ1) is 10.2. The lowest BCUT2D eigenvalue weighted by atomic mass is 9.87. The Kier molecular flexibility index (Phi) is 2.45. The van der Waals surface area contributed by atoms with Crippen molar-refractivity contribution in [3.05, 3.63) is 34.5 Å². The fraction of sp³-hybridized carbons (Fsp3) is 0.385. The van der Waals surface area contributed by atoms with Gasteiger partial charge in [0, 0.05) is 9.58 Å². The number of halogens is 1. The molecule has 0 bridgehead atoms. The zero-order valence-electron chi connectivity index (χ0n) is 9.00. The van der Waals surface area contributed by atoms with Gasteiger partial charge in [-0.15, -0.1) is 11.3 Å². The minimum Gasteiger partial charge on any atom is -0.330 e. The van der Waals surface area contributed by atoms with Crippen LogP contribution in [0.15, 0.2) is 18.2 Å². The fourth-order valence-corrected chi connectivity index (χ4v) is 3.75. The molecule has 2 N–H and O–H groups in total. The highest BCUT2D eigenvalue weighted by Gasteiger charge is 2.21. The van der Waals surface area contributed by atoms with E-state index in [1.807, 2.05) is 17.4 Å². The van der Waals surface area contributed by atoms with Gasteiger partial charge in [-0.05, 0) is 60.9 Å². The zero-order valence-corrected chi connectivity index (χ0v) is 9.82. The third kappa shape index (κ3) is 1.55. The molecular formula is C13H14FNS. The molecule has 84 valence electrons. The van der Waals surface area contributed by atoms with Crippen LogP contribution < -0.4 is 5.73 Å². The molecule has 0 radical (unpaired) electrons. The maximum absolute atomic E-state index is 13.2. The fourth-order valence-electron chi connectivity index (χ4n) is 2.52. The first-order valence-electron chi connectivity index (χ1n) is 5.68. The normalized spacial score (nSPS) is 20.0. The summed E-state index contributed by atoms with van der Waals surface area (Å²) in [6, 6.07) is 5.11. The van der Waals surface area contributed by atoms with E-state index in [2.05, 4.69) is 0 Å². The standard InChI is InChI=1S/C13H14FNS/c14-9-2-4-13-11(6-9)10-5-8(7-15)1-3-12(10)16-13/h2,4,6,8H,1,3,5,7,15H2. The lowest BCUT2D eigenvalue weighted by Gasteiger charge is -2.20. The molecule has 1 aromatic heterocycles. The molecule has 0 aliphatic heterocycles. The molecule has 0 fully saturated rings. The Morgan fingerprint density at radius 1 is 1.44 bits per heavy atom. The van der Waals surface area contributed by atoms with Crippen LogP contribution in [0.25, 0.3) is 10.1 Å². The second kappa shape index (κ2) is 3.82. The smallest absolute Gasteiger partial charge is 0.123 e. The van der Waals surface area contributed by atoms with Crippen molar-refractivity contribution in [1.29, 1.82) is 0 Å². The van der Waals surface area contributed by atoms with Gasteiger partial charge in [-0.1, -0.05) is 0 Å². The number of hydrogen-bond acceptors (Lipinski definition) is 2. The lowest BCUT2D eigenvalue weighted by molar-refractivity contribution is 0.475. The molecule has 2 aromatic rings. The van der Waals surface area contributed by atoms with Gasteiger partial charge in [-0.2, -0.15) is 0 Å². The van der Waals surface area contributed by atoms with E-state index in [1.165, 1.54) is 21.6 Å². The molecule has 0 spiro atoms. The summed E-state index contributed by atoms with van der Waals surface area (Å²) in [4.78, 5) is 1.44. The number of nitrogens with two attached hydrogens (primary N) is 1. The predicted molar refractivity (Wildman–Crippen MR) is 66.4 cm³/mol. The van der Waals surface area contributed by atoms with Crippen molar-refractivity contribution in [2.24, 2.45) is 11.7 Å². The maximum atomic E-state index is 13.2. The van der Waals surface area contributed by atoms with E-state index in [9.17, 15) is 4.39 Å². The molecule has 3 rings (SSSR count). The van der Waals surface area contributed by atoms with Crippen LogP contribution in [0.4, 0.5) is 4.39 Å². The first-order chi connectivity index (χ1) is 7.78. The Hall–Kier alpha value is -0.930. The summed E-state index contributed by atoms with van der Waals surface area (Å²) in [5, 5.41) is 1.11. The van der Waals surface area contributed by atoms with Crippen LogP contribution in [0.2, 0.25) is 0 Å². The van der Waals surface area contributed by atoms with E-state index in [4.69, 9.17) is 5.73 Å². The van der Waals surface area contributed by atoms with Gasteiger partial charge in [-0.25, -0.2) is 4.39 Å². The van der Waals surface area contributed by atoms with E-state index in [0.29, 0.717) is 5.92 Å². The van der Waals surface area contributed by atoms with E-state index < -0.39 is 0 Å². The third-order valence-corrected chi connectivity index (χ3v) is 4.72. The molecule has 1 atom stereocenters. The number of hydrogen-bond donors (Lipinski definition) is 1. The summed E-state index contributed by atoms with van der Waals surface area (Å²) < 4.78 is 14.5. The molecule has 16 heavy (non-hydrogen) atoms. The van der Waals surface area contributed by atoms with E-state index >= 15 is 0 Å². The average molecular weight is 235 g/mol. The summed E-state index contributed by atoms with van der Waals surface area (Å²) >= 11 is 1.81. The summed E-state index contributed by atoms with van der Waals surface area (Å²) in [5.74, 6) is 0.441. The highest BCUT2D eigenvalue weighted by Crippen LogP contribution is 2.38. The Bertz CT molecular complexity index is 532. The van der Waals surface area contributed by atoms with Gasteiger partial charge in [-0.3, -0.25) is 0 Å². The van der Waals surface area contributed by atoms with Gasteiger partial charge < -0.3 is 5.73 Å². The lowest BCUT2D eigenvalue weighted by Crippen LogP contribution is -2.21. The molecule has 0 saturated heterocycles. The summed E-state index contributed by atoms with van der Waals surface area (Å²) in [5.41, 5.74) is 7.08. The Morgan fingerprint density at radius 3 is 3.12 bits per heavy atom. The van der Waals surface area contributed by atoms with Gasteiger partial charge in [0.15, 0.2) is 0 Å². The van der Waals surface area contributed by atoms with E-state index in [-0.39, 0.29) is 5.82 Å². The highest BCUT2D eigenvalue weighted by molar-refractivity contribution is 7.19. The van der Waals surface area contributed by atoms with Gasteiger partial charge in [0.1, 0.15) is 5.82 Å². The SMILES string of the molecule is NCC1CCc2sc3ccc(F)cc3c2C1. The second-order valence-electron chi connectivity index (χ2n) is 4.49. The van der Waals surface area contributed by atoms with Gasteiger partial charge in [0.2, 0.25) is 0 Å². The van der Waals surface area contributed by atoms with Crippen LogP contribution in [0.1, 0.15) is 16.9 Å². The largest absolute Gasteiger partial charge is 0.330 e. The molecule has 3 heteroatoms. The quantitative estimate of drug-likeness (QED) is 0.807. The van der Waals surface area contributed by atoms with Crippen LogP contribution in [0, 0.1) is 11.7 Å². The van der Waals surface area contributed by atoms with Crippen LogP contribution in [-0.4, -0.2) is 6.54 Å². The number of fused-ring (bicyclic) bond motifs is 3. The van der Waals surface area contributed by atoms with Crippen molar-refractivity contribution >= 4 is 21.4 Å². The number of aryl methyl sites for hydroxylation is 1. The van der Waals surface area contributed by atoms with Crippen LogP contribution in [0.5, 0.6) is 0 Å². The molecule has 1 aliphatic carbocycles. The monoisotopic (exact) mass is 235 g/mol. The minimum absolute atomic E-state index is 0.136. The molecule has 1 aliphatic rings. The van der Waals surface area contributed by atoms with Crippen LogP contribution in [0.3, 0.4) is 0 Å². The molecule has 0 saturated carbocycles. The van der Waals surface area contributed by atoms with Crippen molar-refractivity contribution in [2.75, 3.05) is 6.54 Å². The Balaban J connectivity index is 2.15. The van der Waals surface area contributed by atoms with E-state index in [1.54, 1.807) is 12.1 Å². The van der Waals surface area contributed by atoms with Crippen LogP contribution in [-0.2, 0) is 12.8 Å². The summed E-state index contributed by atoms with van der Waals surface area (Å²) in [6.07, 6.45) is 3.31. The summed E-state index contributed by atoms with van der Waals surface area (Å²) in [6.45, 7) is 0.742. The highest BCUT2D eigenvalue weighted by atomic mass is 32.1. The minimum atomic E-state index is -0.136. The zero-order chi connectivity index (χ0) is 11.1. The van der Waals surface area contributed by atoms with Gasteiger partial charge >= 0.3 is 0 Å². The molecule has 1 nitrogen and oxygen atoms in total. The molecule has 0 amide bonds. The van der Waals surface area contributed by atoms with Crippen molar-refractivity contribution in [1.82, 2.24) is 0 Å². The topological polar surface area (TPSA) is 26.0 Å². The molecular weight excluding hydrogens is 221 g/mol. The van der Waals surface area contributed by atoms with Gasteiger partial charge in [0.25, 0.3) is 0 Å². The number of rotatable bonds is 1. The van der Waals surface area contributed by atoms with Gasteiger partial charge in [0.05, 0.1) is 0 Å². The van der Waals surface area contributed by atoms with Crippen molar-refractivity contribution < 1.29 is 4.39 Å². The number of benzene rings is 1.